The number of para-hydroxylation sites is 1. The van der Waals surface area contributed by atoms with E-state index in [1.807, 2.05) is 18.3 Å². The number of nitrogens with two attached hydrogens (primary N) is 1. The van der Waals surface area contributed by atoms with E-state index >= 15 is 0 Å². The van der Waals surface area contributed by atoms with Gasteiger partial charge in [-0.3, -0.25) is 4.98 Å². The van der Waals surface area contributed by atoms with Crippen molar-refractivity contribution in [1.29, 1.82) is 0 Å². The highest BCUT2D eigenvalue weighted by Crippen LogP contribution is 2.40. The highest BCUT2D eigenvalue weighted by atomic mass is 79.9. The molecule has 0 radical (unpaired) electrons. The van der Waals surface area contributed by atoms with E-state index in [1.165, 1.54) is 11.1 Å². The molecule has 104 valence electrons. The Labute approximate surface area is 127 Å². The van der Waals surface area contributed by atoms with Gasteiger partial charge in [-0.2, -0.15) is 0 Å². The first-order valence-corrected chi connectivity index (χ1v) is 7.55. The Bertz CT molecular complexity index is 617. The monoisotopic (exact) mass is 332 g/mol. The van der Waals surface area contributed by atoms with Crippen LogP contribution in [0.5, 0.6) is 5.75 Å². The third kappa shape index (κ3) is 2.45. The summed E-state index contributed by atoms with van der Waals surface area (Å²) in [7, 11) is 0. The third-order valence-corrected chi connectivity index (χ3v) is 4.43. The molecule has 0 spiro atoms. The summed E-state index contributed by atoms with van der Waals surface area (Å²) in [6.45, 7) is 1.33. The van der Waals surface area contributed by atoms with Gasteiger partial charge in [-0.25, -0.2) is 0 Å². The molecule has 0 bridgehead atoms. The van der Waals surface area contributed by atoms with Crippen molar-refractivity contribution < 1.29 is 4.74 Å². The number of benzene rings is 1. The van der Waals surface area contributed by atoms with Gasteiger partial charge in [0, 0.05) is 34.4 Å². The predicted molar refractivity (Wildman–Crippen MR) is 82.9 cm³/mol. The van der Waals surface area contributed by atoms with Gasteiger partial charge >= 0.3 is 0 Å². The molecule has 2 N–H and O–H groups in total. The van der Waals surface area contributed by atoms with Crippen molar-refractivity contribution >= 4 is 15.9 Å². The van der Waals surface area contributed by atoms with Crippen LogP contribution in [-0.2, 0) is 11.8 Å². The zero-order valence-electron chi connectivity index (χ0n) is 11.2. The second-order valence-corrected chi connectivity index (χ2v) is 6.18. The lowest BCUT2D eigenvalue weighted by Gasteiger charge is -2.38. The van der Waals surface area contributed by atoms with E-state index in [-0.39, 0.29) is 5.41 Å². The number of ether oxygens (including phenoxy) is 1. The molecule has 0 amide bonds. The minimum Gasteiger partial charge on any atom is -0.493 e. The topological polar surface area (TPSA) is 48.1 Å². The average molecular weight is 333 g/mol. The molecule has 0 aliphatic carbocycles. The summed E-state index contributed by atoms with van der Waals surface area (Å²) in [5.74, 6) is 0.965. The van der Waals surface area contributed by atoms with E-state index in [9.17, 15) is 0 Å². The normalized spacial score (nSPS) is 21.1. The lowest BCUT2D eigenvalue weighted by molar-refractivity contribution is 0.215. The molecule has 1 unspecified atom stereocenters. The van der Waals surface area contributed by atoms with Gasteiger partial charge in [-0.1, -0.05) is 18.2 Å². The molecule has 3 rings (SSSR count). The highest BCUT2D eigenvalue weighted by Gasteiger charge is 2.36. The van der Waals surface area contributed by atoms with Gasteiger partial charge in [0.05, 0.1) is 6.61 Å². The number of halogens is 1. The fourth-order valence-corrected chi connectivity index (χ4v) is 3.34. The zero-order valence-corrected chi connectivity index (χ0v) is 12.8. The smallest absolute Gasteiger partial charge is 0.123 e. The van der Waals surface area contributed by atoms with Gasteiger partial charge in [-0.05, 0) is 46.5 Å². The van der Waals surface area contributed by atoms with Crippen LogP contribution >= 0.6 is 15.9 Å². The van der Waals surface area contributed by atoms with E-state index in [4.69, 9.17) is 10.5 Å². The molecule has 1 atom stereocenters. The molecule has 1 aromatic carbocycles. The summed E-state index contributed by atoms with van der Waals surface area (Å²) in [6, 6.07) is 10.3. The van der Waals surface area contributed by atoms with Gasteiger partial charge < -0.3 is 10.5 Å². The van der Waals surface area contributed by atoms with Gasteiger partial charge in [0.2, 0.25) is 0 Å². The molecule has 1 aliphatic rings. The van der Waals surface area contributed by atoms with Gasteiger partial charge in [0.15, 0.2) is 0 Å². The first-order chi connectivity index (χ1) is 9.73. The number of rotatable bonds is 3. The average Bonchev–Trinajstić information content (AvgIpc) is 2.47. The van der Waals surface area contributed by atoms with Crippen LogP contribution in [0.15, 0.2) is 47.2 Å². The van der Waals surface area contributed by atoms with Crippen molar-refractivity contribution in [3.63, 3.8) is 0 Å². The Morgan fingerprint density at radius 2 is 2.15 bits per heavy atom. The number of hydrogen-bond donors (Lipinski definition) is 1. The third-order valence-electron chi connectivity index (χ3n) is 3.99. The van der Waals surface area contributed by atoms with Crippen molar-refractivity contribution in [2.45, 2.75) is 18.3 Å². The molecular formula is C16H17BrN2O. The van der Waals surface area contributed by atoms with E-state index in [1.54, 1.807) is 6.20 Å². The van der Waals surface area contributed by atoms with Crippen LogP contribution in [0.1, 0.15) is 17.5 Å². The molecule has 1 aliphatic heterocycles. The Hall–Kier alpha value is -1.39. The molecule has 3 nitrogen and oxygen atoms in total. The van der Waals surface area contributed by atoms with Crippen LogP contribution in [0.4, 0.5) is 0 Å². The van der Waals surface area contributed by atoms with Gasteiger partial charge in [-0.15, -0.1) is 0 Å². The standard InChI is InChI=1S/C16H17BrN2O/c17-13-7-12(9-19-10-13)8-16(11-18)5-6-20-15-4-2-1-3-14(15)16/h1-4,7,9-10H,5-6,8,11,18H2. The van der Waals surface area contributed by atoms with Crippen molar-refractivity contribution in [2.75, 3.05) is 13.2 Å². The van der Waals surface area contributed by atoms with Gasteiger partial charge in [0.1, 0.15) is 5.75 Å². The molecule has 2 aromatic rings. The Morgan fingerprint density at radius 3 is 2.95 bits per heavy atom. The van der Waals surface area contributed by atoms with E-state index in [0.717, 1.165) is 29.7 Å². The fourth-order valence-electron chi connectivity index (χ4n) is 2.93. The number of pyridine rings is 1. The molecule has 20 heavy (non-hydrogen) atoms. The maximum Gasteiger partial charge on any atom is 0.123 e. The number of hydrogen-bond acceptors (Lipinski definition) is 3. The van der Waals surface area contributed by atoms with Crippen molar-refractivity contribution in [3.8, 4) is 5.75 Å². The maximum atomic E-state index is 6.15. The summed E-state index contributed by atoms with van der Waals surface area (Å²) in [4.78, 5) is 4.25. The fraction of sp³-hybridized carbons (Fsp3) is 0.312. The van der Waals surface area contributed by atoms with Crippen LogP contribution in [-0.4, -0.2) is 18.1 Å². The molecule has 1 aromatic heterocycles. The van der Waals surface area contributed by atoms with E-state index in [0.29, 0.717) is 6.54 Å². The summed E-state index contributed by atoms with van der Waals surface area (Å²) in [6.07, 6.45) is 5.54. The highest BCUT2D eigenvalue weighted by molar-refractivity contribution is 9.10. The number of fused-ring (bicyclic) bond motifs is 1. The summed E-state index contributed by atoms with van der Waals surface area (Å²) >= 11 is 3.48. The Morgan fingerprint density at radius 1 is 1.30 bits per heavy atom. The minimum absolute atomic E-state index is 0.0582. The first kappa shape index (κ1) is 13.6. The summed E-state index contributed by atoms with van der Waals surface area (Å²) < 4.78 is 6.76. The number of aromatic nitrogens is 1. The van der Waals surface area contributed by atoms with Gasteiger partial charge in [0.25, 0.3) is 0 Å². The Balaban J connectivity index is 2.00. The van der Waals surface area contributed by atoms with Crippen LogP contribution in [0.2, 0.25) is 0 Å². The van der Waals surface area contributed by atoms with Crippen molar-refractivity contribution in [3.05, 3.63) is 58.3 Å². The van der Waals surface area contributed by atoms with E-state index < -0.39 is 0 Å². The van der Waals surface area contributed by atoms with Crippen LogP contribution in [0.25, 0.3) is 0 Å². The predicted octanol–water partition coefficient (Wildman–Crippen LogP) is 3.07. The van der Waals surface area contributed by atoms with Crippen LogP contribution in [0.3, 0.4) is 0 Å². The molecular weight excluding hydrogens is 316 g/mol. The quantitative estimate of drug-likeness (QED) is 0.939. The molecule has 0 saturated heterocycles. The summed E-state index contributed by atoms with van der Waals surface area (Å²) in [5, 5.41) is 0. The van der Waals surface area contributed by atoms with Crippen LogP contribution in [0, 0.1) is 0 Å². The van der Waals surface area contributed by atoms with Crippen molar-refractivity contribution in [1.82, 2.24) is 4.98 Å². The SMILES string of the molecule is NCC1(Cc2cncc(Br)c2)CCOc2ccccc21. The Kier molecular flexibility index (Phi) is 3.76. The maximum absolute atomic E-state index is 6.15. The largest absolute Gasteiger partial charge is 0.493 e. The molecule has 4 heteroatoms. The second-order valence-electron chi connectivity index (χ2n) is 5.27. The summed E-state index contributed by atoms with van der Waals surface area (Å²) in [5.41, 5.74) is 8.51. The lowest BCUT2D eigenvalue weighted by atomic mass is 9.72. The lowest BCUT2D eigenvalue weighted by Crippen LogP contribution is -2.41. The molecule has 0 saturated carbocycles. The van der Waals surface area contributed by atoms with Crippen LogP contribution < -0.4 is 10.5 Å². The first-order valence-electron chi connectivity index (χ1n) is 6.75. The number of nitrogens with zero attached hydrogens (tertiary/aromatic N) is 1. The zero-order chi connectivity index (χ0) is 14.0. The van der Waals surface area contributed by atoms with Crippen molar-refractivity contribution in [2.24, 2.45) is 5.73 Å². The minimum atomic E-state index is -0.0582. The molecule has 2 heterocycles. The van der Waals surface area contributed by atoms with E-state index in [2.05, 4.69) is 39.1 Å². The molecule has 0 fully saturated rings. The second kappa shape index (κ2) is 5.54.